The Morgan fingerprint density at radius 1 is 1.26 bits per heavy atom. The van der Waals surface area contributed by atoms with Gasteiger partial charge in [0, 0.05) is 13.1 Å². The number of thioether (sulfide) groups is 1. The van der Waals surface area contributed by atoms with Crippen LogP contribution in [0.4, 0.5) is 0 Å². The normalized spacial score (nSPS) is 14.7. The third-order valence-electron chi connectivity index (χ3n) is 5.07. The fourth-order valence-corrected chi connectivity index (χ4v) is 4.07. The standard InChI is InChI=1S/C19H28N4OS.2ClH/c1-20-10-7-15-8-11-22(12-9-15)19(24)13-23-17-6-4-3-5-16(17)21-18(23)14-25-2;;/h3-6,15,20H,7-14H2,1-2H3;2*1H. The number of amides is 1. The molecule has 5 nitrogen and oxygen atoms in total. The number of rotatable bonds is 7. The molecule has 1 fully saturated rings. The first-order valence-corrected chi connectivity index (χ1v) is 10.5. The molecule has 0 bridgehead atoms. The maximum absolute atomic E-state index is 12.8. The summed E-state index contributed by atoms with van der Waals surface area (Å²) < 4.78 is 2.10. The number of nitrogens with zero attached hydrogens (tertiary/aromatic N) is 3. The maximum Gasteiger partial charge on any atom is 0.242 e. The highest BCUT2D eigenvalue weighted by Crippen LogP contribution is 2.22. The zero-order valence-corrected chi connectivity index (χ0v) is 18.5. The number of halogens is 2. The van der Waals surface area contributed by atoms with Crippen molar-refractivity contribution in [2.75, 3.05) is 32.9 Å². The lowest BCUT2D eigenvalue weighted by atomic mass is 9.93. The lowest BCUT2D eigenvalue weighted by Gasteiger charge is -2.32. The molecule has 8 heteroatoms. The molecular formula is C19H30Cl2N4OS. The number of aromatic nitrogens is 2. The van der Waals surface area contributed by atoms with Gasteiger partial charge in [0.05, 0.1) is 16.8 Å². The number of imidazole rings is 1. The topological polar surface area (TPSA) is 50.2 Å². The summed E-state index contributed by atoms with van der Waals surface area (Å²) in [6.07, 6.45) is 5.52. The molecule has 0 aliphatic carbocycles. The number of carbonyl (C=O) groups excluding carboxylic acids is 1. The van der Waals surface area contributed by atoms with Gasteiger partial charge in [0.25, 0.3) is 0 Å². The number of likely N-dealkylation sites (tertiary alicyclic amines) is 1. The van der Waals surface area contributed by atoms with Gasteiger partial charge in [-0.15, -0.1) is 24.8 Å². The van der Waals surface area contributed by atoms with Crippen molar-refractivity contribution in [2.45, 2.75) is 31.6 Å². The number of nitrogens with one attached hydrogen (secondary N) is 1. The minimum absolute atomic E-state index is 0. The molecule has 1 aliphatic heterocycles. The fraction of sp³-hybridized carbons (Fsp3) is 0.579. The van der Waals surface area contributed by atoms with Gasteiger partial charge in [-0.25, -0.2) is 4.98 Å². The Hall–Kier alpha value is -0.950. The van der Waals surface area contributed by atoms with Crippen molar-refractivity contribution in [3.05, 3.63) is 30.1 Å². The van der Waals surface area contributed by atoms with E-state index < -0.39 is 0 Å². The van der Waals surface area contributed by atoms with E-state index in [1.165, 1.54) is 6.42 Å². The van der Waals surface area contributed by atoms with Gasteiger partial charge >= 0.3 is 0 Å². The van der Waals surface area contributed by atoms with Crippen molar-refractivity contribution in [1.29, 1.82) is 0 Å². The van der Waals surface area contributed by atoms with Crippen LogP contribution in [0.3, 0.4) is 0 Å². The first-order valence-electron chi connectivity index (χ1n) is 9.08. The first-order chi connectivity index (χ1) is 12.2. The highest BCUT2D eigenvalue weighted by atomic mass is 35.5. The number of fused-ring (bicyclic) bond motifs is 1. The Bertz CT molecular complexity index is 717. The van der Waals surface area contributed by atoms with E-state index in [4.69, 9.17) is 4.98 Å². The molecule has 0 unspecified atom stereocenters. The first kappa shape index (κ1) is 24.1. The van der Waals surface area contributed by atoms with E-state index in [2.05, 4.69) is 22.2 Å². The molecule has 1 N–H and O–H groups in total. The van der Waals surface area contributed by atoms with Gasteiger partial charge in [0.1, 0.15) is 12.4 Å². The summed E-state index contributed by atoms with van der Waals surface area (Å²) in [7, 11) is 2.00. The summed E-state index contributed by atoms with van der Waals surface area (Å²) in [6, 6.07) is 8.10. The molecule has 1 aromatic heterocycles. The van der Waals surface area contributed by atoms with Crippen LogP contribution in [0.2, 0.25) is 0 Å². The number of hydrogen-bond donors (Lipinski definition) is 1. The molecule has 152 valence electrons. The minimum atomic E-state index is 0. The summed E-state index contributed by atoms with van der Waals surface area (Å²) in [5.41, 5.74) is 2.04. The Labute approximate surface area is 178 Å². The predicted molar refractivity (Wildman–Crippen MR) is 119 cm³/mol. The van der Waals surface area contributed by atoms with Crippen molar-refractivity contribution in [3.63, 3.8) is 0 Å². The van der Waals surface area contributed by atoms with E-state index in [1.807, 2.05) is 30.1 Å². The molecule has 1 saturated heterocycles. The largest absolute Gasteiger partial charge is 0.341 e. The summed E-state index contributed by atoms with van der Waals surface area (Å²) in [5, 5.41) is 3.22. The molecule has 0 atom stereocenters. The number of piperidine rings is 1. The second-order valence-electron chi connectivity index (χ2n) is 6.75. The summed E-state index contributed by atoms with van der Waals surface area (Å²) >= 11 is 1.74. The van der Waals surface area contributed by atoms with Crippen molar-refractivity contribution in [1.82, 2.24) is 19.8 Å². The molecule has 1 aliphatic rings. The average molecular weight is 433 g/mol. The predicted octanol–water partition coefficient (Wildman–Crippen LogP) is 3.59. The van der Waals surface area contributed by atoms with Crippen LogP contribution in [0.5, 0.6) is 0 Å². The Morgan fingerprint density at radius 3 is 2.63 bits per heavy atom. The van der Waals surface area contributed by atoms with Crippen molar-refractivity contribution >= 4 is 53.5 Å². The second-order valence-corrected chi connectivity index (χ2v) is 7.62. The zero-order chi connectivity index (χ0) is 17.6. The van der Waals surface area contributed by atoms with Crippen molar-refractivity contribution in [3.8, 4) is 0 Å². The van der Waals surface area contributed by atoms with Crippen LogP contribution in [-0.4, -0.2) is 53.3 Å². The number of hydrogen-bond acceptors (Lipinski definition) is 4. The van der Waals surface area contributed by atoms with E-state index in [9.17, 15) is 4.79 Å². The van der Waals surface area contributed by atoms with Gasteiger partial charge < -0.3 is 14.8 Å². The molecule has 1 amide bonds. The van der Waals surface area contributed by atoms with Crippen LogP contribution in [0.15, 0.2) is 24.3 Å². The van der Waals surface area contributed by atoms with Gasteiger partial charge in [-0.1, -0.05) is 12.1 Å². The number of benzene rings is 1. The Morgan fingerprint density at radius 2 is 1.96 bits per heavy atom. The van der Waals surface area contributed by atoms with Gasteiger partial charge in [-0.05, 0) is 57.2 Å². The van der Waals surface area contributed by atoms with Crippen LogP contribution in [0.25, 0.3) is 11.0 Å². The van der Waals surface area contributed by atoms with Crippen molar-refractivity contribution in [2.24, 2.45) is 5.92 Å². The summed E-state index contributed by atoms with van der Waals surface area (Å²) in [6.45, 7) is 3.24. The molecule has 3 rings (SSSR count). The van der Waals surface area contributed by atoms with Crippen LogP contribution in [0, 0.1) is 5.92 Å². The van der Waals surface area contributed by atoms with E-state index >= 15 is 0 Å². The highest BCUT2D eigenvalue weighted by molar-refractivity contribution is 7.97. The smallest absolute Gasteiger partial charge is 0.242 e. The molecule has 2 aromatic rings. The highest BCUT2D eigenvalue weighted by Gasteiger charge is 2.23. The van der Waals surface area contributed by atoms with Crippen LogP contribution in [-0.2, 0) is 17.1 Å². The SMILES string of the molecule is CNCCC1CCN(C(=O)Cn2c(CSC)nc3ccccc32)CC1.Cl.Cl. The van der Waals surface area contributed by atoms with E-state index in [0.29, 0.717) is 6.54 Å². The van der Waals surface area contributed by atoms with Gasteiger partial charge in [0.15, 0.2) is 0 Å². The van der Waals surface area contributed by atoms with Gasteiger partial charge in [0.2, 0.25) is 5.91 Å². The Kier molecular flexibility index (Phi) is 10.5. The van der Waals surface area contributed by atoms with Crippen LogP contribution < -0.4 is 5.32 Å². The molecule has 27 heavy (non-hydrogen) atoms. The van der Waals surface area contributed by atoms with Gasteiger partial charge in [-0.3, -0.25) is 4.79 Å². The van der Waals surface area contributed by atoms with Gasteiger partial charge in [-0.2, -0.15) is 11.8 Å². The second kappa shape index (κ2) is 11.8. The van der Waals surface area contributed by atoms with Crippen LogP contribution >= 0.6 is 36.6 Å². The lowest BCUT2D eigenvalue weighted by Crippen LogP contribution is -2.40. The summed E-state index contributed by atoms with van der Waals surface area (Å²) in [5.74, 6) is 2.79. The molecule has 0 saturated carbocycles. The third kappa shape index (κ3) is 6.01. The minimum Gasteiger partial charge on any atom is -0.341 e. The molecule has 1 aromatic carbocycles. The maximum atomic E-state index is 12.8. The van der Waals surface area contributed by atoms with Crippen LogP contribution in [0.1, 0.15) is 25.1 Å². The van der Waals surface area contributed by atoms with Crippen molar-refractivity contribution < 1.29 is 4.79 Å². The molecule has 0 spiro atoms. The molecule has 0 radical (unpaired) electrons. The quantitative estimate of drug-likeness (QED) is 0.725. The fourth-order valence-electron chi connectivity index (χ4n) is 3.60. The van der Waals surface area contributed by atoms with E-state index in [1.54, 1.807) is 11.8 Å². The lowest BCUT2D eigenvalue weighted by molar-refractivity contribution is -0.133. The number of para-hydroxylation sites is 2. The van der Waals surface area contributed by atoms with E-state index in [0.717, 1.165) is 61.0 Å². The average Bonchev–Trinajstić information content (AvgIpc) is 2.98. The molecule has 2 heterocycles. The Balaban J connectivity index is 0.00000182. The zero-order valence-electron chi connectivity index (χ0n) is 16.0. The number of carbonyl (C=O) groups is 1. The third-order valence-corrected chi connectivity index (χ3v) is 5.62. The summed E-state index contributed by atoms with van der Waals surface area (Å²) in [4.78, 5) is 19.6. The molecular weight excluding hydrogens is 403 g/mol. The van der Waals surface area contributed by atoms with E-state index in [-0.39, 0.29) is 30.7 Å². The monoisotopic (exact) mass is 432 g/mol.